The highest BCUT2D eigenvalue weighted by molar-refractivity contribution is 7.22. The number of carboxylic acids is 1. The molecule has 0 spiro atoms. The number of ether oxygens (including phenoxy) is 1. The summed E-state index contributed by atoms with van der Waals surface area (Å²) in [6.07, 6.45) is 0.578. The molecule has 3 aromatic heterocycles. The predicted molar refractivity (Wildman–Crippen MR) is 141 cm³/mol. The second-order valence-corrected chi connectivity index (χ2v) is 10.8. The third-order valence-corrected chi connectivity index (χ3v) is 8.11. The van der Waals surface area contributed by atoms with E-state index in [1.54, 1.807) is 37.3 Å². The normalized spacial score (nSPS) is 14.8. The van der Waals surface area contributed by atoms with Crippen molar-refractivity contribution in [2.24, 2.45) is 0 Å². The van der Waals surface area contributed by atoms with Crippen LogP contribution in [0.2, 0.25) is 0 Å². The minimum absolute atomic E-state index is 0.131. The fourth-order valence-corrected chi connectivity index (χ4v) is 5.72. The van der Waals surface area contributed by atoms with Crippen molar-refractivity contribution >= 4 is 33.6 Å². The van der Waals surface area contributed by atoms with Crippen molar-refractivity contribution < 1.29 is 29.0 Å². The Morgan fingerprint density at radius 3 is 2.51 bits per heavy atom. The van der Waals surface area contributed by atoms with E-state index in [0.717, 1.165) is 11.3 Å². The molecule has 1 aromatic carbocycles. The number of nitrogens with zero attached hydrogens (tertiary/aromatic N) is 4. The lowest BCUT2D eigenvalue weighted by atomic mass is 10.1. The maximum absolute atomic E-state index is 13.9. The van der Waals surface area contributed by atoms with E-state index in [-0.39, 0.29) is 35.7 Å². The molecule has 2 N–H and O–H groups in total. The van der Waals surface area contributed by atoms with E-state index >= 15 is 0 Å². The predicted octanol–water partition coefficient (Wildman–Crippen LogP) is 2.56. The van der Waals surface area contributed by atoms with Crippen LogP contribution in [0.5, 0.6) is 0 Å². The van der Waals surface area contributed by atoms with Crippen molar-refractivity contribution in [1.82, 2.24) is 19.0 Å². The van der Waals surface area contributed by atoms with E-state index in [1.807, 2.05) is 0 Å². The van der Waals surface area contributed by atoms with Gasteiger partial charge in [0.15, 0.2) is 0 Å². The molecule has 5 rings (SSSR count). The number of amides is 1. The first-order valence-electron chi connectivity index (χ1n) is 12.1. The number of carbonyl (C=O) groups excluding carboxylic acids is 1. The number of benzene rings is 1. The summed E-state index contributed by atoms with van der Waals surface area (Å²) in [7, 11) is 0. The SMILES string of the molecule is Cc1c(-c2ncco2)sc2c1c(=O)n(C(C)(C)C(=O)O)c(=O)n2CC(OC(=O)N1CC(O)C1)c1ccccc1. The van der Waals surface area contributed by atoms with Crippen molar-refractivity contribution in [2.45, 2.75) is 45.1 Å². The smallest absolute Gasteiger partial charge is 0.410 e. The van der Waals surface area contributed by atoms with E-state index in [4.69, 9.17) is 9.15 Å². The summed E-state index contributed by atoms with van der Waals surface area (Å²) in [5.41, 5.74) is -2.43. The number of thiophene rings is 1. The summed E-state index contributed by atoms with van der Waals surface area (Å²) in [5.74, 6) is -1.12. The lowest BCUT2D eigenvalue weighted by Gasteiger charge is -2.36. The number of oxazole rings is 1. The molecule has 0 radical (unpaired) electrons. The maximum atomic E-state index is 13.9. The van der Waals surface area contributed by atoms with E-state index in [2.05, 4.69) is 4.98 Å². The van der Waals surface area contributed by atoms with Gasteiger partial charge in [-0.25, -0.2) is 23.9 Å². The molecule has 1 atom stereocenters. The standard InChI is InChI=1S/C26H26N4O8S/c1-14-18-21(32)30(26(2,3)23(33)34)24(35)29(22(18)39-19(14)20-27-9-10-37-20)13-17(15-7-5-4-6-8-15)38-25(36)28-11-16(31)12-28/h4-10,16-17,31H,11-13H2,1-3H3,(H,33,34). The van der Waals surface area contributed by atoms with Crippen LogP contribution in [0.25, 0.3) is 21.0 Å². The van der Waals surface area contributed by atoms with Crippen LogP contribution in [0.15, 0.2) is 56.8 Å². The minimum Gasteiger partial charge on any atom is -0.480 e. The molecule has 0 aliphatic carbocycles. The van der Waals surface area contributed by atoms with Gasteiger partial charge in [0.25, 0.3) is 5.56 Å². The highest BCUT2D eigenvalue weighted by atomic mass is 32.1. The topological polar surface area (TPSA) is 157 Å². The van der Waals surface area contributed by atoms with Crippen LogP contribution in [0, 0.1) is 6.92 Å². The molecular formula is C26H26N4O8S. The molecule has 0 saturated carbocycles. The van der Waals surface area contributed by atoms with E-state index in [9.17, 15) is 29.4 Å². The van der Waals surface area contributed by atoms with E-state index < -0.39 is 41.1 Å². The van der Waals surface area contributed by atoms with Crippen molar-refractivity contribution in [3.8, 4) is 10.8 Å². The molecule has 4 aromatic rings. The Labute approximate surface area is 225 Å². The first-order chi connectivity index (χ1) is 18.5. The van der Waals surface area contributed by atoms with Gasteiger partial charge in [-0.3, -0.25) is 9.36 Å². The third kappa shape index (κ3) is 4.53. The number of hydrogen-bond donors (Lipinski definition) is 2. The van der Waals surface area contributed by atoms with Crippen LogP contribution in [0.3, 0.4) is 0 Å². The summed E-state index contributed by atoms with van der Waals surface area (Å²) >= 11 is 1.10. The summed E-state index contributed by atoms with van der Waals surface area (Å²) in [4.78, 5) is 58.9. The Kier molecular flexibility index (Phi) is 6.64. The zero-order chi connectivity index (χ0) is 28.1. The lowest BCUT2D eigenvalue weighted by Crippen LogP contribution is -2.54. The molecular weight excluding hydrogens is 528 g/mol. The van der Waals surface area contributed by atoms with Gasteiger partial charge in [0.05, 0.1) is 42.2 Å². The van der Waals surface area contributed by atoms with Gasteiger partial charge >= 0.3 is 17.8 Å². The Hall–Kier alpha value is -4.23. The number of carboxylic acid groups (broad SMARTS) is 1. The van der Waals surface area contributed by atoms with Crippen molar-refractivity contribution in [1.29, 1.82) is 0 Å². The number of aryl methyl sites for hydroxylation is 1. The van der Waals surface area contributed by atoms with Gasteiger partial charge in [0.1, 0.15) is 22.7 Å². The molecule has 1 amide bonds. The number of likely N-dealkylation sites (tertiary alicyclic amines) is 1. The minimum atomic E-state index is -1.88. The highest BCUT2D eigenvalue weighted by Gasteiger charge is 2.37. The Morgan fingerprint density at radius 2 is 1.92 bits per heavy atom. The van der Waals surface area contributed by atoms with Crippen LogP contribution in [-0.4, -0.2) is 60.5 Å². The fourth-order valence-electron chi connectivity index (χ4n) is 4.48. The van der Waals surface area contributed by atoms with Crippen LogP contribution < -0.4 is 11.2 Å². The van der Waals surface area contributed by atoms with E-state index in [0.29, 0.717) is 20.6 Å². The van der Waals surface area contributed by atoms with Gasteiger partial charge in [0.2, 0.25) is 5.89 Å². The molecule has 13 heteroatoms. The second-order valence-electron chi connectivity index (χ2n) is 9.81. The Morgan fingerprint density at radius 1 is 1.23 bits per heavy atom. The average Bonchev–Trinajstić information content (AvgIpc) is 3.52. The second kappa shape index (κ2) is 9.82. The summed E-state index contributed by atoms with van der Waals surface area (Å²) in [6, 6.07) is 8.78. The number of aromatic nitrogens is 3. The number of β-amino-alcohol motifs (C(OH)–C–C–N with tert-alkyl or cyclic N) is 1. The molecule has 0 bridgehead atoms. The van der Waals surface area contributed by atoms with Crippen LogP contribution in [0.4, 0.5) is 4.79 Å². The maximum Gasteiger partial charge on any atom is 0.410 e. The monoisotopic (exact) mass is 554 g/mol. The van der Waals surface area contributed by atoms with Crippen molar-refractivity contribution in [3.63, 3.8) is 0 Å². The molecule has 39 heavy (non-hydrogen) atoms. The largest absolute Gasteiger partial charge is 0.480 e. The van der Waals surface area contributed by atoms with Gasteiger partial charge in [0, 0.05) is 0 Å². The van der Waals surface area contributed by atoms with Crippen LogP contribution in [0.1, 0.15) is 31.1 Å². The van der Waals surface area contributed by atoms with Crippen molar-refractivity contribution in [3.05, 3.63) is 74.8 Å². The molecule has 4 heterocycles. The summed E-state index contributed by atoms with van der Waals surface area (Å²) in [6.45, 7) is 4.28. The number of aliphatic carboxylic acids is 1. The van der Waals surface area contributed by atoms with E-state index in [1.165, 1.54) is 35.8 Å². The van der Waals surface area contributed by atoms with Crippen LogP contribution >= 0.6 is 11.3 Å². The van der Waals surface area contributed by atoms with Gasteiger partial charge in [-0.15, -0.1) is 11.3 Å². The molecule has 204 valence electrons. The molecule has 1 fully saturated rings. The number of aliphatic hydroxyl groups is 1. The zero-order valence-electron chi connectivity index (χ0n) is 21.4. The first-order valence-corrected chi connectivity index (χ1v) is 12.9. The number of aliphatic hydroxyl groups excluding tert-OH is 1. The van der Waals surface area contributed by atoms with Gasteiger partial charge in [-0.2, -0.15) is 0 Å². The quantitative estimate of drug-likeness (QED) is 0.350. The summed E-state index contributed by atoms with van der Waals surface area (Å²) < 4.78 is 13.2. The van der Waals surface area contributed by atoms with Gasteiger partial charge < -0.3 is 24.3 Å². The number of hydrogen-bond acceptors (Lipinski definition) is 9. The fraction of sp³-hybridized carbons (Fsp3) is 0.346. The average molecular weight is 555 g/mol. The Balaban J connectivity index is 1.72. The summed E-state index contributed by atoms with van der Waals surface area (Å²) in [5, 5.41) is 19.7. The lowest BCUT2D eigenvalue weighted by molar-refractivity contribution is -0.146. The molecule has 1 unspecified atom stereocenters. The van der Waals surface area contributed by atoms with Gasteiger partial charge in [-0.1, -0.05) is 30.3 Å². The Bertz CT molecular complexity index is 1660. The first kappa shape index (κ1) is 26.4. The molecule has 1 aliphatic heterocycles. The number of fused-ring (bicyclic) bond motifs is 1. The van der Waals surface area contributed by atoms with Crippen molar-refractivity contribution in [2.75, 3.05) is 13.1 Å². The molecule has 1 aliphatic rings. The third-order valence-electron chi connectivity index (χ3n) is 6.80. The molecule has 12 nitrogen and oxygen atoms in total. The molecule has 1 saturated heterocycles. The highest BCUT2D eigenvalue weighted by Crippen LogP contribution is 2.36. The van der Waals surface area contributed by atoms with Crippen LogP contribution in [-0.2, 0) is 21.6 Å². The van der Waals surface area contributed by atoms with Gasteiger partial charge in [-0.05, 0) is 31.9 Å². The zero-order valence-corrected chi connectivity index (χ0v) is 22.2. The number of carbonyl (C=O) groups is 2. The number of rotatable bonds is 7.